The smallest absolute Gasteiger partial charge is 0.0192 e. The highest BCUT2D eigenvalue weighted by Gasteiger charge is 2.31. The molecule has 12 heavy (non-hydrogen) atoms. The van der Waals surface area contributed by atoms with E-state index in [0.717, 1.165) is 12.1 Å². The molecule has 0 spiro atoms. The Morgan fingerprint density at radius 1 is 1.17 bits per heavy atom. The summed E-state index contributed by atoms with van der Waals surface area (Å²) >= 11 is 0. The highest BCUT2D eigenvalue weighted by Crippen LogP contribution is 2.29. The molecular weight excluding hydrogens is 148 g/mol. The number of nitrogens with one attached hydrogen (secondary N) is 1. The first kappa shape index (κ1) is 8.52. The van der Waals surface area contributed by atoms with Gasteiger partial charge in [-0.05, 0) is 45.7 Å². The zero-order chi connectivity index (χ0) is 8.39. The van der Waals surface area contributed by atoms with Gasteiger partial charge < -0.3 is 10.2 Å². The molecule has 0 bridgehead atoms. The van der Waals surface area contributed by atoms with Crippen molar-refractivity contribution in [3.8, 4) is 0 Å². The van der Waals surface area contributed by atoms with Crippen LogP contribution in [0.1, 0.15) is 32.6 Å². The standard InChI is InChI=1S/C10H19N2/c1-2-11-9-5-7-12(8-6-9)10-3-4-10/h2,9-11H,3-8H2,1H3. The van der Waals surface area contributed by atoms with Crippen LogP contribution in [0.15, 0.2) is 0 Å². The summed E-state index contributed by atoms with van der Waals surface area (Å²) < 4.78 is 0. The van der Waals surface area contributed by atoms with E-state index in [2.05, 4.69) is 23.7 Å². The molecule has 0 aromatic heterocycles. The molecule has 1 saturated heterocycles. The Labute approximate surface area is 75.3 Å². The quantitative estimate of drug-likeness (QED) is 0.683. The van der Waals surface area contributed by atoms with Crippen LogP contribution in [0.2, 0.25) is 0 Å². The molecule has 2 aliphatic rings. The third-order valence-corrected chi connectivity index (χ3v) is 3.00. The van der Waals surface area contributed by atoms with Crippen LogP contribution in [-0.2, 0) is 0 Å². The monoisotopic (exact) mass is 167 g/mol. The van der Waals surface area contributed by atoms with E-state index in [4.69, 9.17) is 0 Å². The predicted octanol–water partition coefficient (Wildman–Crippen LogP) is 1.38. The third kappa shape index (κ3) is 1.99. The topological polar surface area (TPSA) is 15.3 Å². The number of hydrogen-bond acceptors (Lipinski definition) is 2. The Bertz CT molecular complexity index is 135. The zero-order valence-corrected chi connectivity index (χ0v) is 7.92. The van der Waals surface area contributed by atoms with Gasteiger partial charge in [0.1, 0.15) is 0 Å². The van der Waals surface area contributed by atoms with Crippen molar-refractivity contribution in [3.05, 3.63) is 6.54 Å². The molecule has 0 aromatic rings. The Balaban J connectivity index is 1.69. The number of hydrogen-bond donors (Lipinski definition) is 1. The molecular formula is C10H19N2. The molecule has 2 nitrogen and oxygen atoms in total. The summed E-state index contributed by atoms with van der Waals surface area (Å²) in [6.45, 7) is 6.79. The maximum atomic E-state index is 3.41. The third-order valence-electron chi connectivity index (χ3n) is 3.00. The van der Waals surface area contributed by atoms with E-state index in [1.807, 2.05) is 0 Å². The molecule has 69 valence electrons. The van der Waals surface area contributed by atoms with Gasteiger partial charge >= 0.3 is 0 Å². The molecule has 2 heteroatoms. The SMILES string of the molecule is C[CH]NC1CCN(C2CC2)CC1. The first-order chi connectivity index (χ1) is 5.90. The average Bonchev–Trinajstić information content (AvgIpc) is 2.89. The van der Waals surface area contributed by atoms with Gasteiger partial charge in [0, 0.05) is 18.6 Å². The normalized spacial score (nSPS) is 27.8. The summed E-state index contributed by atoms with van der Waals surface area (Å²) in [6.07, 6.45) is 5.58. The van der Waals surface area contributed by atoms with Crippen LogP contribution in [0.3, 0.4) is 0 Å². The van der Waals surface area contributed by atoms with Crippen LogP contribution in [0, 0.1) is 6.54 Å². The van der Waals surface area contributed by atoms with E-state index in [1.165, 1.54) is 38.8 Å². The van der Waals surface area contributed by atoms with Crippen LogP contribution >= 0.6 is 0 Å². The van der Waals surface area contributed by atoms with E-state index in [9.17, 15) is 0 Å². The Hall–Kier alpha value is -0.0800. The van der Waals surface area contributed by atoms with E-state index in [0.29, 0.717) is 0 Å². The van der Waals surface area contributed by atoms with Gasteiger partial charge in [-0.15, -0.1) is 0 Å². The van der Waals surface area contributed by atoms with Gasteiger partial charge in [0.2, 0.25) is 0 Å². The first-order valence-corrected chi connectivity index (χ1v) is 5.18. The van der Waals surface area contributed by atoms with Gasteiger partial charge in [-0.25, -0.2) is 0 Å². The summed E-state index contributed by atoms with van der Waals surface area (Å²) in [5, 5.41) is 3.41. The molecule has 1 N–H and O–H groups in total. The van der Waals surface area contributed by atoms with Crippen molar-refractivity contribution in [3.63, 3.8) is 0 Å². The fraction of sp³-hybridized carbons (Fsp3) is 0.900. The van der Waals surface area contributed by atoms with Crippen molar-refractivity contribution >= 4 is 0 Å². The van der Waals surface area contributed by atoms with Crippen molar-refractivity contribution in [2.45, 2.75) is 44.7 Å². The second-order valence-electron chi connectivity index (χ2n) is 4.00. The van der Waals surface area contributed by atoms with Gasteiger partial charge in [0.15, 0.2) is 0 Å². The van der Waals surface area contributed by atoms with E-state index in [-0.39, 0.29) is 0 Å². The van der Waals surface area contributed by atoms with Gasteiger partial charge in [-0.1, -0.05) is 0 Å². The first-order valence-electron chi connectivity index (χ1n) is 5.18. The Kier molecular flexibility index (Phi) is 2.66. The minimum absolute atomic E-state index is 0.755. The number of nitrogens with zero attached hydrogens (tertiary/aromatic N) is 1. The van der Waals surface area contributed by atoms with Crippen molar-refractivity contribution in [2.24, 2.45) is 0 Å². The molecule has 0 aromatic carbocycles. The van der Waals surface area contributed by atoms with E-state index < -0.39 is 0 Å². The lowest BCUT2D eigenvalue weighted by molar-refractivity contribution is 0.194. The Morgan fingerprint density at radius 3 is 2.33 bits per heavy atom. The largest absolute Gasteiger partial charge is 0.310 e. The van der Waals surface area contributed by atoms with Crippen LogP contribution in [0.25, 0.3) is 0 Å². The van der Waals surface area contributed by atoms with Crippen LogP contribution in [0.5, 0.6) is 0 Å². The second kappa shape index (κ2) is 3.75. The van der Waals surface area contributed by atoms with Crippen molar-refractivity contribution < 1.29 is 0 Å². The van der Waals surface area contributed by atoms with Crippen molar-refractivity contribution in [2.75, 3.05) is 13.1 Å². The minimum atomic E-state index is 0.755. The van der Waals surface area contributed by atoms with Gasteiger partial charge in [-0.2, -0.15) is 0 Å². The second-order valence-corrected chi connectivity index (χ2v) is 4.00. The minimum Gasteiger partial charge on any atom is -0.310 e. The number of likely N-dealkylation sites (tertiary alicyclic amines) is 1. The van der Waals surface area contributed by atoms with Crippen LogP contribution in [-0.4, -0.2) is 30.1 Å². The molecule has 1 saturated carbocycles. The van der Waals surface area contributed by atoms with E-state index in [1.54, 1.807) is 0 Å². The average molecular weight is 167 g/mol. The molecule has 1 heterocycles. The van der Waals surface area contributed by atoms with E-state index >= 15 is 0 Å². The maximum absolute atomic E-state index is 3.41. The molecule has 0 unspecified atom stereocenters. The lowest BCUT2D eigenvalue weighted by atomic mass is 10.1. The summed E-state index contributed by atoms with van der Waals surface area (Å²) in [4.78, 5) is 2.66. The molecule has 1 aliphatic heterocycles. The number of rotatable bonds is 3. The van der Waals surface area contributed by atoms with Gasteiger partial charge in [0.05, 0.1) is 0 Å². The summed E-state index contributed by atoms with van der Waals surface area (Å²) in [7, 11) is 0. The fourth-order valence-corrected chi connectivity index (χ4v) is 2.11. The van der Waals surface area contributed by atoms with Crippen LogP contribution in [0.4, 0.5) is 0 Å². The molecule has 1 aliphatic carbocycles. The Morgan fingerprint density at radius 2 is 1.83 bits per heavy atom. The van der Waals surface area contributed by atoms with Gasteiger partial charge in [0.25, 0.3) is 0 Å². The lowest BCUT2D eigenvalue weighted by Crippen LogP contribution is -2.42. The summed E-state index contributed by atoms with van der Waals surface area (Å²) in [6, 6.07) is 1.72. The lowest BCUT2D eigenvalue weighted by Gasteiger charge is -2.32. The summed E-state index contributed by atoms with van der Waals surface area (Å²) in [5.41, 5.74) is 0. The van der Waals surface area contributed by atoms with Gasteiger partial charge in [-0.3, -0.25) is 0 Å². The zero-order valence-electron chi connectivity index (χ0n) is 7.92. The molecule has 0 atom stereocenters. The summed E-state index contributed by atoms with van der Waals surface area (Å²) in [5.74, 6) is 0. The highest BCUT2D eigenvalue weighted by molar-refractivity contribution is 4.89. The fourth-order valence-electron chi connectivity index (χ4n) is 2.11. The molecule has 0 amide bonds. The number of piperidine rings is 1. The molecule has 1 radical (unpaired) electrons. The van der Waals surface area contributed by atoms with Crippen LogP contribution < -0.4 is 5.32 Å². The predicted molar refractivity (Wildman–Crippen MR) is 50.7 cm³/mol. The maximum Gasteiger partial charge on any atom is 0.0192 e. The molecule has 2 rings (SSSR count). The molecule has 2 fully saturated rings. The van der Waals surface area contributed by atoms with Crippen molar-refractivity contribution in [1.82, 2.24) is 10.2 Å². The van der Waals surface area contributed by atoms with Crippen molar-refractivity contribution in [1.29, 1.82) is 0 Å². The highest BCUT2D eigenvalue weighted by atomic mass is 15.2.